The Hall–Kier alpha value is -1.94. The minimum atomic E-state index is -0.200. The first-order chi connectivity index (χ1) is 8.33. The molecule has 0 aliphatic carbocycles. The fraction of sp³-hybridized carbons (Fsp3) is 0.154. The molecule has 2 N–H and O–H groups in total. The fourth-order valence-corrected chi connectivity index (χ4v) is 2.06. The average molecular weight is 229 g/mol. The topological polar surface area (TPSA) is 37.0 Å². The number of fused-ring (bicyclic) bond motifs is 1. The number of nitrogens with zero attached hydrogens (tertiary/aromatic N) is 1. The molecule has 1 aromatic heterocycles. The van der Waals surface area contributed by atoms with Crippen molar-refractivity contribution < 1.29 is 4.39 Å². The van der Waals surface area contributed by atoms with E-state index in [9.17, 15) is 4.39 Å². The molecular weight excluding hydrogens is 217 g/mol. The molecule has 17 heavy (non-hydrogen) atoms. The standard InChI is InChI=1S/C13H12FN3/c14-10-2-1-9-8-16-13(12(9)7-10)17-11-3-5-15-6-4-11/h1-7,13,16H,8H2,(H,15,17). The van der Waals surface area contributed by atoms with Gasteiger partial charge in [-0.2, -0.15) is 0 Å². The molecule has 0 spiro atoms. The second-order valence-electron chi connectivity index (χ2n) is 4.04. The van der Waals surface area contributed by atoms with Crippen molar-refractivity contribution in [3.05, 3.63) is 59.7 Å². The molecule has 0 bridgehead atoms. The molecule has 1 aromatic carbocycles. The van der Waals surface area contributed by atoms with Gasteiger partial charge >= 0.3 is 0 Å². The molecule has 2 aromatic rings. The van der Waals surface area contributed by atoms with Gasteiger partial charge in [0.25, 0.3) is 0 Å². The van der Waals surface area contributed by atoms with Crippen molar-refractivity contribution in [2.45, 2.75) is 12.7 Å². The highest BCUT2D eigenvalue weighted by molar-refractivity contribution is 5.46. The lowest BCUT2D eigenvalue weighted by molar-refractivity contribution is 0.617. The smallest absolute Gasteiger partial charge is 0.123 e. The van der Waals surface area contributed by atoms with Crippen LogP contribution in [0.4, 0.5) is 10.1 Å². The number of nitrogens with one attached hydrogen (secondary N) is 2. The highest BCUT2D eigenvalue weighted by atomic mass is 19.1. The summed E-state index contributed by atoms with van der Waals surface area (Å²) in [7, 11) is 0. The summed E-state index contributed by atoms with van der Waals surface area (Å²) in [5.41, 5.74) is 3.08. The van der Waals surface area contributed by atoms with E-state index in [-0.39, 0.29) is 12.0 Å². The van der Waals surface area contributed by atoms with Gasteiger partial charge in [0.05, 0.1) is 0 Å². The SMILES string of the molecule is Fc1ccc2c(c1)C(Nc1ccncc1)NC2. The zero-order valence-corrected chi connectivity index (χ0v) is 9.15. The Labute approximate surface area is 98.7 Å². The van der Waals surface area contributed by atoms with Gasteiger partial charge in [0.15, 0.2) is 0 Å². The minimum absolute atomic E-state index is 0.0388. The molecular formula is C13H12FN3. The number of rotatable bonds is 2. The van der Waals surface area contributed by atoms with Crippen molar-refractivity contribution in [3.8, 4) is 0 Å². The molecule has 1 atom stereocenters. The van der Waals surface area contributed by atoms with Crippen LogP contribution < -0.4 is 10.6 Å². The maximum atomic E-state index is 13.2. The number of anilines is 1. The van der Waals surface area contributed by atoms with Crippen molar-refractivity contribution in [2.75, 3.05) is 5.32 Å². The highest BCUT2D eigenvalue weighted by Crippen LogP contribution is 2.26. The predicted molar refractivity (Wildman–Crippen MR) is 63.8 cm³/mol. The molecule has 0 saturated carbocycles. The van der Waals surface area contributed by atoms with Crippen LogP contribution >= 0.6 is 0 Å². The quantitative estimate of drug-likeness (QED) is 0.830. The third-order valence-electron chi connectivity index (χ3n) is 2.91. The average Bonchev–Trinajstić information content (AvgIpc) is 2.73. The van der Waals surface area contributed by atoms with E-state index in [1.54, 1.807) is 18.5 Å². The van der Waals surface area contributed by atoms with Gasteiger partial charge in [0, 0.05) is 24.6 Å². The number of halogens is 1. The summed E-state index contributed by atoms with van der Waals surface area (Å²) >= 11 is 0. The predicted octanol–water partition coefficient (Wildman–Crippen LogP) is 2.43. The first kappa shape index (κ1) is 10.2. The summed E-state index contributed by atoms with van der Waals surface area (Å²) in [6.07, 6.45) is 3.41. The second kappa shape index (κ2) is 4.14. The summed E-state index contributed by atoms with van der Waals surface area (Å²) < 4.78 is 13.2. The molecule has 0 saturated heterocycles. The van der Waals surface area contributed by atoms with Crippen molar-refractivity contribution in [2.24, 2.45) is 0 Å². The van der Waals surface area contributed by atoms with Gasteiger partial charge in [0.2, 0.25) is 0 Å². The van der Waals surface area contributed by atoms with E-state index < -0.39 is 0 Å². The van der Waals surface area contributed by atoms with E-state index in [2.05, 4.69) is 15.6 Å². The maximum Gasteiger partial charge on any atom is 0.123 e. The van der Waals surface area contributed by atoms with Crippen LogP contribution in [0.2, 0.25) is 0 Å². The van der Waals surface area contributed by atoms with Crippen LogP contribution in [0.3, 0.4) is 0 Å². The molecule has 0 amide bonds. The van der Waals surface area contributed by atoms with Gasteiger partial charge in [-0.3, -0.25) is 10.3 Å². The van der Waals surface area contributed by atoms with E-state index in [1.165, 1.54) is 6.07 Å². The fourth-order valence-electron chi connectivity index (χ4n) is 2.06. The number of hydrogen-bond acceptors (Lipinski definition) is 3. The summed E-state index contributed by atoms with van der Waals surface area (Å²) in [6.45, 7) is 0.762. The molecule has 1 unspecified atom stereocenters. The summed E-state index contributed by atoms with van der Waals surface area (Å²) in [5, 5.41) is 6.61. The lowest BCUT2D eigenvalue weighted by atomic mass is 10.1. The number of aromatic nitrogens is 1. The molecule has 0 fully saturated rings. The van der Waals surface area contributed by atoms with Gasteiger partial charge in [-0.15, -0.1) is 0 Å². The minimum Gasteiger partial charge on any atom is -0.366 e. The van der Waals surface area contributed by atoms with Crippen molar-refractivity contribution in [1.82, 2.24) is 10.3 Å². The third-order valence-corrected chi connectivity index (χ3v) is 2.91. The Bertz CT molecular complexity index is 527. The molecule has 2 heterocycles. The van der Waals surface area contributed by atoms with E-state index in [4.69, 9.17) is 0 Å². The Balaban J connectivity index is 1.86. The van der Waals surface area contributed by atoms with Crippen LogP contribution in [0.25, 0.3) is 0 Å². The molecule has 0 radical (unpaired) electrons. The van der Waals surface area contributed by atoms with Crippen LogP contribution in [0, 0.1) is 5.82 Å². The molecule has 86 valence electrons. The zero-order chi connectivity index (χ0) is 11.7. The number of hydrogen-bond donors (Lipinski definition) is 2. The second-order valence-corrected chi connectivity index (χ2v) is 4.04. The third kappa shape index (κ3) is 1.99. The lowest BCUT2D eigenvalue weighted by Crippen LogP contribution is -2.20. The highest BCUT2D eigenvalue weighted by Gasteiger charge is 2.21. The van der Waals surface area contributed by atoms with E-state index in [0.29, 0.717) is 0 Å². The first-order valence-electron chi connectivity index (χ1n) is 5.51. The summed E-state index contributed by atoms with van der Waals surface area (Å²) in [5.74, 6) is -0.200. The van der Waals surface area contributed by atoms with Gasteiger partial charge in [-0.05, 0) is 35.4 Å². The van der Waals surface area contributed by atoms with E-state index >= 15 is 0 Å². The van der Waals surface area contributed by atoms with Crippen molar-refractivity contribution >= 4 is 5.69 Å². The van der Waals surface area contributed by atoms with Gasteiger partial charge in [-0.25, -0.2) is 4.39 Å². The lowest BCUT2D eigenvalue weighted by Gasteiger charge is -2.15. The Morgan fingerprint density at radius 3 is 2.88 bits per heavy atom. The van der Waals surface area contributed by atoms with Crippen molar-refractivity contribution in [3.63, 3.8) is 0 Å². The van der Waals surface area contributed by atoms with E-state index in [0.717, 1.165) is 23.4 Å². The van der Waals surface area contributed by atoms with Crippen LogP contribution in [-0.2, 0) is 6.54 Å². The van der Waals surface area contributed by atoms with Crippen LogP contribution in [-0.4, -0.2) is 4.98 Å². The molecule has 3 rings (SSSR count). The number of benzene rings is 1. The molecule has 4 heteroatoms. The van der Waals surface area contributed by atoms with E-state index in [1.807, 2.05) is 18.2 Å². The number of pyridine rings is 1. The first-order valence-corrected chi connectivity index (χ1v) is 5.51. The van der Waals surface area contributed by atoms with Crippen molar-refractivity contribution in [1.29, 1.82) is 0 Å². The van der Waals surface area contributed by atoms with Crippen LogP contribution in [0.1, 0.15) is 17.3 Å². The zero-order valence-electron chi connectivity index (χ0n) is 9.15. The van der Waals surface area contributed by atoms with Gasteiger partial charge in [0.1, 0.15) is 12.0 Å². The van der Waals surface area contributed by atoms with Gasteiger partial charge in [-0.1, -0.05) is 6.07 Å². The Kier molecular flexibility index (Phi) is 2.49. The largest absolute Gasteiger partial charge is 0.366 e. The normalized spacial score (nSPS) is 17.8. The molecule has 1 aliphatic heterocycles. The Morgan fingerprint density at radius 1 is 1.24 bits per heavy atom. The maximum absolute atomic E-state index is 13.2. The van der Waals surface area contributed by atoms with Crippen LogP contribution in [0.5, 0.6) is 0 Å². The molecule has 1 aliphatic rings. The van der Waals surface area contributed by atoms with Crippen LogP contribution in [0.15, 0.2) is 42.7 Å². The van der Waals surface area contributed by atoms with Gasteiger partial charge < -0.3 is 5.32 Å². The monoisotopic (exact) mass is 229 g/mol. The summed E-state index contributed by atoms with van der Waals surface area (Å²) in [6, 6.07) is 8.67. The summed E-state index contributed by atoms with van der Waals surface area (Å²) in [4.78, 5) is 3.96. The Morgan fingerprint density at radius 2 is 2.06 bits per heavy atom. The molecule has 3 nitrogen and oxygen atoms in total.